The Morgan fingerprint density at radius 1 is 0.897 bits per heavy atom. The molecule has 2 unspecified atom stereocenters. The first kappa shape index (κ1) is 29.7. The van der Waals surface area contributed by atoms with E-state index in [-0.39, 0.29) is 30.1 Å². The molecular weight excluding hydrogens is 535 g/mol. The third kappa shape index (κ3) is 8.31. The molecular formula is C26H24F7N3O3. The summed E-state index contributed by atoms with van der Waals surface area (Å²) in [5.41, 5.74) is 0.0421. The van der Waals surface area contributed by atoms with Gasteiger partial charge < -0.3 is 20.1 Å². The van der Waals surface area contributed by atoms with Gasteiger partial charge in [0.15, 0.2) is 11.5 Å². The number of aromatic nitrogens is 1. The van der Waals surface area contributed by atoms with Gasteiger partial charge in [-0.2, -0.15) is 30.7 Å². The van der Waals surface area contributed by atoms with Crippen LogP contribution in [-0.2, 0) is 11.0 Å². The summed E-state index contributed by atoms with van der Waals surface area (Å²) in [6.07, 6.45) is -3.87. The highest BCUT2D eigenvalue weighted by atomic mass is 19.4. The number of ether oxygens (including phenoxy) is 2. The van der Waals surface area contributed by atoms with Crippen LogP contribution in [-0.4, -0.2) is 37.7 Å². The lowest BCUT2D eigenvalue weighted by Gasteiger charge is -2.22. The lowest BCUT2D eigenvalue weighted by molar-refractivity contribution is -0.137. The van der Waals surface area contributed by atoms with Crippen LogP contribution in [0.5, 0.6) is 11.5 Å². The fraction of sp³-hybridized carbons (Fsp3) is 0.308. The number of likely N-dealkylation sites (N-methyl/N-ethyl adjacent to an activating group) is 1. The van der Waals surface area contributed by atoms with Gasteiger partial charge >= 0.3 is 19.4 Å². The Hall–Kier alpha value is -3.87. The Kier molecular flexibility index (Phi) is 10.1. The molecule has 0 spiro atoms. The summed E-state index contributed by atoms with van der Waals surface area (Å²) in [7, 11) is 1.46. The number of amides is 1. The van der Waals surface area contributed by atoms with Crippen molar-refractivity contribution in [1.82, 2.24) is 15.6 Å². The van der Waals surface area contributed by atoms with Crippen LogP contribution in [0.3, 0.4) is 0 Å². The second-order valence-electron chi connectivity index (χ2n) is 8.19. The second kappa shape index (κ2) is 13.3. The molecule has 0 saturated heterocycles. The largest absolute Gasteiger partial charge is 0.431 e. The predicted molar refractivity (Wildman–Crippen MR) is 127 cm³/mol. The molecule has 1 amide bonds. The number of carbonyl (C=O) groups is 1. The molecule has 3 aromatic rings. The van der Waals surface area contributed by atoms with Gasteiger partial charge in [0.1, 0.15) is 6.04 Å². The maximum Gasteiger partial charge on any atom is 0.417 e. The van der Waals surface area contributed by atoms with Gasteiger partial charge in [-0.25, -0.2) is 0 Å². The summed E-state index contributed by atoms with van der Waals surface area (Å²) in [6, 6.07) is 13.3. The molecule has 2 aromatic carbocycles. The van der Waals surface area contributed by atoms with Gasteiger partial charge in [0, 0.05) is 24.9 Å². The number of pyridine rings is 1. The number of nitrogens with zero attached hydrogens (tertiary/aromatic N) is 1. The molecule has 2 atom stereocenters. The van der Waals surface area contributed by atoms with Gasteiger partial charge in [-0.15, -0.1) is 0 Å². The zero-order valence-corrected chi connectivity index (χ0v) is 20.4. The van der Waals surface area contributed by atoms with Gasteiger partial charge in [0.25, 0.3) is 0 Å². The molecule has 1 aromatic heterocycles. The molecule has 0 aliphatic heterocycles. The number of hydrogen-bond acceptors (Lipinski definition) is 5. The third-order valence-electron chi connectivity index (χ3n) is 5.70. The number of carbonyl (C=O) groups excluding carboxylic acids is 1. The molecule has 39 heavy (non-hydrogen) atoms. The summed E-state index contributed by atoms with van der Waals surface area (Å²) in [4.78, 5) is 16.4. The average molecular weight is 559 g/mol. The number of nitrogens with one attached hydrogen (secondary N) is 2. The summed E-state index contributed by atoms with van der Waals surface area (Å²) in [5, 5.41) is 5.63. The molecule has 0 aliphatic carbocycles. The SMILES string of the molecule is CNC(=O)C(NCCC(c1ccc(OC(F)F)c(OC(F)F)c1)c1ccc(C(F)(F)F)cn1)c1ccccc1. The van der Waals surface area contributed by atoms with Crippen molar-refractivity contribution in [1.29, 1.82) is 0 Å². The quantitative estimate of drug-likeness (QED) is 0.271. The maximum atomic E-state index is 13.1. The fourth-order valence-corrected chi connectivity index (χ4v) is 3.91. The minimum atomic E-state index is -4.63. The Balaban J connectivity index is 1.95. The van der Waals surface area contributed by atoms with Gasteiger partial charge in [-0.1, -0.05) is 36.4 Å². The molecule has 6 nitrogen and oxygen atoms in total. The van der Waals surface area contributed by atoms with Crippen LogP contribution in [0, 0.1) is 0 Å². The first-order valence-electron chi connectivity index (χ1n) is 11.6. The van der Waals surface area contributed by atoms with Crippen LogP contribution in [0.4, 0.5) is 30.7 Å². The molecule has 0 saturated carbocycles. The van der Waals surface area contributed by atoms with E-state index in [0.29, 0.717) is 11.8 Å². The van der Waals surface area contributed by atoms with E-state index >= 15 is 0 Å². The van der Waals surface area contributed by atoms with E-state index in [4.69, 9.17) is 0 Å². The predicted octanol–water partition coefficient (Wildman–Crippen LogP) is 5.90. The number of alkyl halides is 7. The molecule has 1 heterocycles. The number of rotatable bonds is 12. The fourth-order valence-electron chi connectivity index (χ4n) is 3.91. The molecule has 0 aliphatic rings. The van der Waals surface area contributed by atoms with E-state index in [9.17, 15) is 35.5 Å². The average Bonchev–Trinajstić information content (AvgIpc) is 2.89. The Morgan fingerprint density at radius 3 is 2.13 bits per heavy atom. The van der Waals surface area contributed by atoms with Crippen molar-refractivity contribution in [3.8, 4) is 11.5 Å². The molecule has 210 valence electrons. The van der Waals surface area contributed by atoms with Crippen LogP contribution < -0.4 is 20.1 Å². The van der Waals surface area contributed by atoms with Crippen molar-refractivity contribution in [3.63, 3.8) is 0 Å². The van der Waals surface area contributed by atoms with Crippen LogP contribution >= 0.6 is 0 Å². The van der Waals surface area contributed by atoms with Crippen molar-refractivity contribution in [2.45, 2.75) is 37.8 Å². The highest BCUT2D eigenvalue weighted by Crippen LogP contribution is 2.37. The lowest BCUT2D eigenvalue weighted by atomic mass is 9.91. The van der Waals surface area contributed by atoms with E-state index in [0.717, 1.165) is 24.3 Å². The second-order valence-corrected chi connectivity index (χ2v) is 8.19. The minimum absolute atomic E-state index is 0.126. The van der Waals surface area contributed by atoms with Crippen molar-refractivity contribution in [2.75, 3.05) is 13.6 Å². The number of halogens is 7. The summed E-state index contributed by atoms with van der Waals surface area (Å²) in [5.74, 6) is -2.47. The van der Waals surface area contributed by atoms with Crippen LogP contribution in [0.25, 0.3) is 0 Å². The smallest absolute Gasteiger partial charge is 0.417 e. The van der Waals surface area contributed by atoms with Gasteiger partial charge in [-0.05, 0) is 48.4 Å². The zero-order chi connectivity index (χ0) is 28.6. The maximum absolute atomic E-state index is 13.1. The first-order chi connectivity index (χ1) is 18.5. The first-order valence-corrected chi connectivity index (χ1v) is 11.6. The van der Waals surface area contributed by atoms with E-state index in [2.05, 4.69) is 25.1 Å². The summed E-state index contributed by atoms with van der Waals surface area (Å²) in [6.45, 7) is -6.54. The number of hydrogen-bond donors (Lipinski definition) is 2. The zero-order valence-electron chi connectivity index (χ0n) is 20.4. The molecule has 3 rings (SSSR count). The van der Waals surface area contributed by atoms with E-state index in [1.54, 1.807) is 30.3 Å². The highest BCUT2D eigenvalue weighted by Gasteiger charge is 2.31. The number of benzene rings is 2. The third-order valence-corrected chi connectivity index (χ3v) is 5.70. The monoisotopic (exact) mass is 559 g/mol. The van der Waals surface area contributed by atoms with Gasteiger partial charge in [0.2, 0.25) is 5.91 Å². The topological polar surface area (TPSA) is 72.5 Å². The molecule has 13 heteroatoms. The van der Waals surface area contributed by atoms with Crippen molar-refractivity contribution < 1.29 is 45.0 Å². The highest BCUT2D eigenvalue weighted by molar-refractivity contribution is 5.82. The summed E-state index contributed by atoms with van der Waals surface area (Å²) >= 11 is 0. The van der Waals surface area contributed by atoms with Crippen LogP contribution in [0.1, 0.15) is 40.8 Å². The molecule has 0 fully saturated rings. The van der Waals surface area contributed by atoms with Crippen LogP contribution in [0.15, 0.2) is 66.9 Å². The summed E-state index contributed by atoms with van der Waals surface area (Å²) < 4.78 is 99.3. The molecule has 0 bridgehead atoms. The van der Waals surface area contributed by atoms with Gasteiger partial charge in [0.05, 0.1) is 5.56 Å². The molecule has 0 radical (unpaired) electrons. The Bertz CT molecular complexity index is 1210. The van der Waals surface area contributed by atoms with E-state index in [1.807, 2.05) is 0 Å². The Morgan fingerprint density at radius 2 is 1.56 bits per heavy atom. The normalized spacial score (nSPS) is 13.3. The molecule has 2 N–H and O–H groups in total. The lowest BCUT2D eigenvalue weighted by Crippen LogP contribution is -2.36. The van der Waals surface area contributed by atoms with Crippen molar-refractivity contribution in [3.05, 3.63) is 89.2 Å². The standard InChI is InChI=1S/C26H24F7N3O3/c1-34-23(37)22(15-5-3-2-4-6-15)35-12-11-18(19-9-8-17(14-36-19)26(31,32)33)16-7-10-20(38-24(27)28)21(13-16)39-25(29)30/h2-10,13-14,18,22,24-25,35H,11-12H2,1H3,(H,34,37). The van der Waals surface area contributed by atoms with Crippen molar-refractivity contribution >= 4 is 5.91 Å². The van der Waals surface area contributed by atoms with Crippen LogP contribution in [0.2, 0.25) is 0 Å². The Labute approximate surface area is 219 Å². The van der Waals surface area contributed by atoms with E-state index < -0.39 is 48.4 Å². The minimum Gasteiger partial charge on any atom is -0.431 e. The van der Waals surface area contributed by atoms with Crippen molar-refractivity contribution in [2.24, 2.45) is 0 Å². The van der Waals surface area contributed by atoms with Gasteiger partial charge in [-0.3, -0.25) is 9.78 Å². The van der Waals surface area contributed by atoms with E-state index in [1.165, 1.54) is 13.1 Å².